The smallest absolute Gasteiger partial charge is 0.407 e. The van der Waals surface area contributed by atoms with Gasteiger partial charge in [-0.1, -0.05) is 55.5 Å². The number of aromatic nitrogens is 1. The molecule has 2 saturated heterocycles. The van der Waals surface area contributed by atoms with Gasteiger partial charge in [-0.2, -0.15) is 4.31 Å². The Balaban J connectivity index is 1.08. The molecule has 1 aromatic heterocycles. The topological polar surface area (TPSA) is 139 Å². The molecule has 1 amide bonds. The van der Waals surface area contributed by atoms with Gasteiger partial charge in [-0.3, -0.25) is 0 Å². The van der Waals surface area contributed by atoms with Crippen molar-refractivity contribution in [3.8, 4) is 0 Å². The summed E-state index contributed by atoms with van der Waals surface area (Å²) in [7, 11) is -3.99. The molecule has 4 fully saturated rings. The van der Waals surface area contributed by atoms with E-state index in [-0.39, 0.29) is 36.3 Å². The Labute approximate surface area is 273 Å². The molecule has 0 spiro atoms. The van der Waals surface area contributed by atoms with Gasteiger partial charge in [0, 0.05) is 25.0 Å². The maximum atomic E-state index is 14.1. The predicted molar refractivity (Wildman–Crippen MR) is 174 cm³/mol. The summed E-state index contributed by atoms with van der Waals surface area (Å²) in [6.07, 6.45) is 1.31. The van der Waals surface area contributed by atoms with Crippen LogP contribution in [-0.4, -0.2) is 85.3 Å². The third-order valence-corrected chi connectivity index (χ3v) is 12.2. The number of hydrogen-bond acceptors (Lipinski definition) is 10. The molecule has 7 atom stereocenters. The van der Waals surface area contributed by atoms with Gasteiger partial charge < -0.3 is 30.0 Å². The highest BCUT2D eigenvalue weighted by atomic mass is 32.2. The van der Waals surface area contributed by atoms with Crippen LogP contribution in [0.3, 0.4) is 0 Å². The van der Waals surface area contributed by atoms with Crippen molar-refractivity contribution in [2.24, 2.45) is 17.8 Å². The standard InChI is InChI=1S/C33H42N4O7S2/c1-19(2)16-37(46(40,41)23-10-11-25-30(14-23)45-32(35-25)34-22-8-9-22)17-27(38)26(12-20-6-4-3-5-7-20)36-33(39)44-28-13-21-18-42-31-24(21)15-29(28)43-31/h3-7,10-11,14,19,21-22,24,26-29,31,38H,8-9,12-13,15-18H2,1-2H3,(H,34,35)(H,36,39)/t21-,24-,26+,27-,28?,29?,31-/m1/s1. The minimum absolute atomic E-state index is 0.00481. The van der Waals surface area contributed by atoms with Gasteiger partial charge in [-0.05, 0) is 67.7 Å². The molecule has 2 bridgehead atoms. The highest BCUT2D eigenvalue weighted by molar-refractivity contribution is 7.89. The molecule has 2 aliphatic heterocycles. The summed E-state index contributed by atoms with van der Waals surface area (Å²) in [6.45, 7) is 4.47. The molecule has 3 heterocycles. The SMILES string of the molecule is CC(C)CN(C[C@@H](O)[C@H](Cc1ccccc1)NC(=O)OC1C[C@@H]2CO[C@@H]3OC1C[C@H]23)S(=O)(=O)c1ccc2nc(NC3CC3)sc2c1. The zero-order chi connectivity index (χ0) is 32.0. The van der Waals surface area contributed by atoms with Gasteiger partial charge in [-0.25, -0.2) is 18.2 Å². The van der Waals surface area contributed by atoms with Crippen molar-refractivity contribution < 1.29 is 32.5 Å². The fraction of sp³-hybridized carbons (Fsp3) is 0.576. The van der Waals surface area contributed by atoms with Crippen molar-refractivity contribution in [2.75, 3.05) is 25.0 Å². The summed E-state index contributed by atoms with van der Waals surface area (Å²) < 4.78 is 47.9. The van der Waals surface area contributed by atoms with E-state index < -0.39 is 34.4 Å². The average Bonchev–Trinajstić information content (AvgIpc) is 3.43. The minimum atomic E-state index is -3.99. The van der Waals surface area contributed by atoms with Crippen LogP contribution in [0.15, 0.2) is 53.4 Å². The summed E-state index contributed by atoms with van der Waals surface area (Å²) in [6, 6.07) is 14.1. The lowest BCUT2D eigenvalue weighted by Gasteiger charge is -2.33. The number of fused-ring (bicyclic) bond motifs is 2. The Hall–Kier alpha value is -2.81. The molecule has 2 aromatic carbocycles. The maximum absolute atomic E-state index is 14.1. The molecule has 0 radical (unpaired) electrons. The lowest BCUT2D eigenvalue weighted by atomic mass is 9.80. The fourth-order valence-corrected chi connectivity index (χ4v) is 9.56. The van der Waals surface area contributed by atoms with E-state index in [9.17, 15) is 18.3 Å². The molecule has 2 saturated carbocycles. The van der Waals surface area contributed by atoms with E-state index in [1.54, 1.807) is 18.2 Å². The molecular formula is C33H42N4O7S2. The quantitative estimate of drug-likeness (QED) is 0.242. The first kappa shape index (κ1) is 31.8. The largest absolute Gasteiger partial charge is 0.443 e. The van der Waals surface area contributed by atoms with Gasteiger partial charge in [0.25, 0.3) is 0 Å². The molecule has 248 valence electrons. The molecule has 2 unspecified atom stereocenters. The normalized spacial score (nSPS) is 26.8. The number of aliphatic hydroxyl groups excluding tert-OH is 1. The van der Waals surface area contributed by atoms with Crippen molar-refractivity contribution in [1.82, 2.24) is 14.6 Å². The van der Waals surface area contributed by atoms with E-state index in [0.29, 0.717) is 37.3 Å². The van der Waals surface area contributed by atoms with Crippen LogP contribution >= 0.6 is 11.3 Å². The maximum Gasteiger partial charge on any atom is 0.407 e. The number of carbonyl (C=O) groups excluding carboxylic acids is 1. The Morgan fingerprint density at radius 2 is 1.96 bits per heavy atom. The lowest BCUT2D eigenvalue weighted by molar-refractivity contribution is -0.147. The van der Waals surface area contributed by atoms with E-state index in [1.807, 2.05) is 44.2 Å². The number of alkyl carbamates (subject to hydrolysis) is 1. The Bertz CT molecular complexity index is 1650. The zero-order valence-corrected chi connectivity index (χ0v) is 27.7. The lowest BCUT2D eigenvalue weighted by Crippen LogP contribution is -2.52. The van der Waals surface area contributed by atoms with Gasteiger partial charge in [0.05, 0.1) is 40.0 Å². The van der Waals surface area contributed by atoms with Crippen molar-refractivity contribution in [2.45, 2.75) is 87.5 Å². The van der Waals surface area contributed by atoms with Gasteiger partial charge in [0.15, 0.2) is 11.4 Å². The van der Waals surface area contributed by atoms with Crippen molar-refractivity contribution >= 4 is 42.8 Å². The van der Waals surface area contributed by atoms with Crippen LogP contribution in [0, 0.1) is 17.8 Å². The second kappa shape index (κ2) is 13.0. The predicted octanol–water partition coefficient (Wildman–Crippen LogP) is 4.37. The highest BCUT2D eigenvalue weighted by Crippen LogP contribution is 2.47. The van der Waals surface area contributed by atoms with E-state index in [1.165, 1.54) is 15.6 Å². The van der Waals surface area contributed by atoms with Crippen LogP contribution in [0.5, 0.6) is 0 Å². The first-order chi connectivity index (χ1) is 22.1. The number of hydrogen-bond donors (Lipinski definition) is 3. The summed E-state index contributed by atoms with van der Waals surface area (Å²) in [5.74, 6) is 0.648. The number of ether oxygens (including phenoxy) is 3. The van der Waals surface area contributed by atoms with E-state index in [4.69, 9.17) is 14.2 Å². The number of carbonyl (C=O) groups is 1. The second-order valence-corrected chi connectivity index (χ2v) is 16.5. The number of nitrogens with one attached hydrogen (secondary N) is 2. The number of thiazole rings is 1. The number of nitrogens with zero attached hydrogens (tertiary/aromatic N) is 2. The average molecular weight is 671 g/mol. The molecule has 11 nitrogen and oxygen atoms in total. The first-order valence-electron chi connectivity index (χ1n) is 16.3. The minimum Gasteiger partial charge on any atom is -0.443 e. The number of sulfonamides is 1. The third-order valence-electron chi connectivity index (χ3n) is 9.38. The number of amides is 1. The molecule has 2 aliphatic carbocycles. The second-order valence-electron chi connectivity index (χ2n) is 13.5. The Morgan fingerprint density at radius 1 is 1.15 bits per heavy atom. The van der Waals surface area contributed by atoms with Gasteiger partial charge in [0.1, 0.15) is 6.10 Å². The Kier molecular flexibility index (Phi) is 8.98. The summed E-state index contributed by atoms with van der Waals surface area (Å²) in [5.41, 5.74) is 1.63. The van der Waals surface area contributed by atoms with E-state index in [2.05, 4.69) is 15.6 Å². The molecule has 3 N–H and O–H groups in total. The van der Waals surface area contributed by atoms with Crippen LogP contribution in [-0.2, 0) is 30.7 Å². The molecular weight excluding hydrogens is 629 g/mol. The number of benzene rings is 2. The van der Waals surface area contributed by atoms with Crippen molar-refractivity contribution in [3.05, 3.63) is 54.1 Å². The van der Waals surface area contributed by atoms with E-state index in [0.717, 1.165) is 40.2 Å². The molecule has 4 aliphatic rings. The Morgan fingerprint density at radius 3 is 2.72 bits per heavy atom. The first-order valence-corrected chi connectivity index (χ1v) is 18.5. The van der Waals surface area contributed by atoms with Crippen LogP contribution < -0.4 is 10.6 Å². The number of anilines is 1. The molecule has 13 heteroatoms. The van der Waals surface area contributed by atoms with Crippen LogP contribution in [0.2, 0.25) is 0 Å². The van der Waals surface area contributed by atoms with Crippen molar-refractivity contribution in [3.63, 3.8) is 0 Å². The van der Waals surface area contributed by atoms with Gasteiger partial charge in [0.2, 0.25) is 10.0 Å². The number of rotatable bonds is 13. The fourth-order valence-electron chi connectivity index (χ4n) is 6.85. The summed E-state index contributed by atoms with van der Waals surface area (Å²) >= 11 is 1.44. The van der Waals surface area contributed by atoms with Crippen molar-refractivity contribution in [1.29, 1.82) is 0 Å². The third kappa shape index (κ3) is 6.90. The van der Waals surface area contributed by atoms with Gasteiger partial charge in [-0.15, -0.1) is 0 Å². The zero-order valence-electron chi connectivity index (χ0n) is 26.1. The number of aliphatic hydroxyl groups is 1. The molecule has 46 heavy (non-hydrogen) atoms. The van der Waals surface area contributed by atoms with Crippen LogP contribution in [0.25, 0.3) is 10.2 Å². The molecule has 7 rings (SSSR count). The summed E-state index contributed by atoms with van der Waals surface area (Å²) in [5, 5.41) is 18.7. The van der Waals surface area contributed by atoms with Crippen LogP contribution in [0.4, 0.5) is 9.93 Å². The van der Waals surface area contributed by atoms with Crippen LogP contribution in [0.1, 0.15) is 45.1 Å². The highest BCUT2D eigenvalue weighted by Gasteiger charge is 2.54. The van der Waals surface area contributed by atoms with E-state index >= 15 is 0 Å². The van der Waals surface area contributed by atoms with Gasteiger partial charge >= 0.3 is 6.09 Å². The molecule has 3 aromatic rings. The monoisotopic (exact) mass is 670 g/mol. The summed E-state index contributed by atoms with van der Waals surface area (Å²) in [4.78, 5) is 18.1.